The second-order valence-electron chi connectivity index (χ2n) is 8.51. The Bertz CT molecular complexity index is 1160. The molecule has 1 unspecified atom stereocenters. The van der Waals surface area contributed by atoms with E-state index in [9.17, 15) is 18.0 Å². The zero-order chi connectivity index (χ0) is 24.3. The number of piperidine rings is 1. The zero-order valence-corrected chi connectivity index (χ0v) is 20.0. The Morgan fingerprint density at radius 1 is 1.03 bits per heavy atom. The SMILES string of the molecule is CC1CCN(S(=O)(=O)c2ccc(C(=O)OC(C)C(=O)Nc3ccc4c(c3)OCCO4)cc2)CC1. The maximum Gasteiger partial charge on any atom is 0.338 e. The summed E-state index contributed by atoms with van der Waals surface area (Å²) in [7, 11) is -3.61. The molecule has 1 amide bonds. The van der Waals surface area contributed by atoms with Crippen molar-refractivity contribution >= 4 is 27.6 Å². The lowest BCUT2D eigenvalue weighted by atomic mass is 10.0. The van der Waals surface area contributed by atoms with Gasteiger partial charge in [-0.1, -0.05) is 6.92 Å². The Hall–Kier alpha value is -3.11. The van der Waals surface area contributed by atoms with Crippen molar-refractivity contribution in [1.82, 2.24) is 4.31 Å². The lowest BCUT2D eigenvalue weighted by Gasteiger charge is -2.29. The van der Waals surface area contributed by atoms with Gasteiger partial charge in [-0.15, -0.1) is 0 Å². The number of fused-ring (bicyclic) bond motifs is 1. The van der Waals surface area contributed by atoms with Crippen LogP contribution in [0, 0.1) is 5.92 Å². The van der Waals surface area contributed by atoms with Gasteiger partial charge in [0.25, 0.3) is 5.91 Å². The van der Waals surface area contributed by atoms with Crippen molar-refractivity contribution in [3.05, 3.63) is 48.0 Å². The molecule has 2 heterocycles. The summed E-state index contributed by atoms with van der Waals surface area (Å²) >= 11 is 0. The fourth-order valence-electron chi connectivity index (χ4n) is 3.78. The first kappa shape index (κ1) is 24.0. The average molecular weight is 489 g/mol. The topological polar surface area (TPSA) is 111 Å². The van der Waals surface area contributed by atoms with Gasteiger partial charge in [0.15, 0.2) is 17.6 Å². The maximum absolute atomic E-state index is 12.8. The monoisotopic (exact) mass is 488 g/mol. The number of sulfonamides is 1. The number of hydrogen-bond acceptors (Lipinski definition) is 7. The summed E-state index contributed by atoms with van der Waals surface area (Å²) in [5.41, 5.74) is 0.643. The molecular weight excluding hydrogens is 460 g/mol. The van der Waals surface area contributed by atoms with Crippen LogP contribution >= 0.6 is 0 Å². The van der Waals surface area contributed by atoms with Crippen LogP contribution in [-0.4, -0.2) is 57.0 Å². The molecule has 0 radical (unpaired) electrons. The van der Waals surface area contributed by atoms with Gasteiger partial charge in [0.1, 0.15) is 13.2 Å². The molecule has 4 rings (SSSR count). The Morgan fingerprint density at radius 2 is 1.68 bits per heavy atom. The molecule has 2 aliphatic heterocycles. The van der Waals surface area contributed by atoms with Crippen LogP contribution in [0.2, 0.25) is 0 Å². The highest BCUT2D eigenvalue weighted by Crippen LogP contribution is 2.32. The summed E-state index contributed by atoms with van der Waals surface area (Å²) in [5.74, 6) is 0.410. The predicted octanol–water partition coefficient (Wildman–Crippen LogP) is 3.06. The molecule has 2 aliphatic rings. The molecule has 182 valence electrons. The molecule has 0 spiro atoms. The van der Waals surface area contributed by atoms with Gasteiger partial charge < -0.3 is 19.5 Å². The van der Waals surface area contributed by atoms with Crippen LogP contribution in [0.4, 0.5) is 5.69 Å². The number of nitrogens with zero attached hydrogens (tertiary/aromatic N) is 1. The summed E-state index contributed by atoms with van der Waals surface area (Å²) in [5, 5.41) is 2.68. The predicted molar refractivity (Wildman–Crippen MR) is 125 cm³/mol. The number of anilines is 1. The van der Waals surface area contributed by atoms with Gasteiger partial charge in [0.05, 0.1) is 10.5 Å². The van der Waals surface area contributed by atoms with Crippen molar-refractivity contribution in [2.45, 2.75) is 37.7 Å². The standard InChI is InChI=1S/C24H28N2O7S/c1-16-9-11-26(12-10-16)34(29,30)20-6-3-18(4-7-20)24(28)33-17(2)23(27)25-19-5-8-21-22(15-19)32-14-13-31-21/h3-8,15-17H,9-14H2,1-2H3,(H,25,27). The molecule has 10 heteroatoms. The van der Waals surface area contributed by atoms with Crippen molar-refractivity contribution in [1.29, 1.82) is 0 Å². The van der Waals surface area contributed by atoms with Crippen molar-refractivity contribution in [2.75, 3.05) is 31.6 Å². The van der Waals surface area contributed by atoms with Gasteiger partial charge in [-0.05, 0) is 62.1 Å². The third-order valence-electron chi connectivity index (χ3n) is 5.93. The van der Waals surface area contributed by atoms with E-state index in [1.165, 1.54) is 35.5 Å². The van der Waals surface area contributed by atoms with Crippen LogP contribution in [0.15, 0.2) is 47.4 Å². The van der Waals surface area contributed by atoms with Crippen molar-refractivity contribution in [2.24, 2.45) is 5.92 Å². The van der Waals surface area contributed by atoms with E-state index in [1.807, 2.05) is 0 Å². The first-order valence-electron chi connectivity index (χ1n) is 11.3. The Morgan fingerprint density at radius 3 is 2.35 bits per heavy atom. The van der Waals surface area contributed by atoms with E-state index in [-0.39, 0.29) is 10.5 Å². The van der Waals surface area contributed by atoms with Crippen LogP contribution in [-0.2, 0) is 19.6 Å². The largest absolute Gasteiger partial charge is 0.486 e. The Balaban J connectivity index is 1.35. The fourth-order valence-corrected chi connectivity index (χ4v) is 5.25. The molecule has 1 atom stereocenters. The summed E-state index contributed by atoms with van der Waals surface area (Å²) in [6.45, 7) is 5.45. The Labute approximate surface area is 199 Å². The highest BCUT2D eigenvalue weighted by molar-refractivity contribution is 7.89. The third kappa shape index (κ3) is 5.34. The maximum atomic E-state index is 12.8. The third-order valence-corrected chi connectivity index (χ3v) is 7.85. The normalized spacial score (nSPS) is 17.6. The van der Waals surface area contributed by atoms with Crippen LogP contribution in [0.25, 0.3) is 0 Å². The summed E-state index contributed by atoms with van der Waals surface area (Å²) < 4.78 is 43.4. The van der Waals surface area contributed by atoms with E-state index >= 15 is 0 Å². The molecule has 1 saturated heterocycles. The van der Waals surface area contributed by atoms with Crippen LogP contribution in [0.3, 0.4) is 0 Å². The second kappa shape index (κ2) is 10.0. The minimum Gasteiger partial charge on any atom is -0.486 e. The number of nitrogens with one attached hydrogen (secondary N) is 1. The van der Waals surface area contributed by atoms with Crippen LogP contribution < -0.4 is 14.8 Å². The van der Waals surface area contributed by atoms with E-state index in [4.69, 9.17) is 14.2 Å². The fraction of sp³-hybridized carbons (Fsp3) is 0.417. The van der Waals surface area contributed by atoms with Crippen molar-refractivity contribution < 1.29 is 32.2 Å². The number of carbonyl (C=O) groups excluding carboxylic acids is 2. The molecule has 0 aromatic heterocycles. The average Bonchev–Trinajstić information content (AvgIpc) is 2.84. The Kier molecular flexibility index (Phi) is 7.08. The minimum absolute atomic E-state index is 0.128. The molecule has 0 aliphatic carbocycles. The number of rotatable bonds is 6. The molecule has 2 aromatic rings. The number of carbonyl (C=O) groups is 2. The number of amides is 1. The van der Waals surface area contributed by atoms with E-state index in [2.05, 4.69) is 12.2 Å². The molecule has 0 saturated carbocycles. The summed E-state index contributed by atoms with van der Waals surface area (Å²) in [6, 6.07) is 10.6. The number of hydrogen-bond donors (Lipinski definition) is 1. The van der Waals surface area contributed by atoms with Crippen molar-refractivity contribution in [3.63, 3.8) is 0 Å². The van der Waals surface area contributed by atoms with Gasteiger partial charge in [0, 0.05) is 24.8 Å². The van der Waals surface area contributed by atoms with Gasteiger partial charge in [-0.3, -0.25) is 4.79 Å². The van der Waals surface area contributed by atoms with E-state index in [0.29, 0.717) is 49.4 Å². The second-order valence-corrected chi connectivity index (χ2v) is 10.4. The molecule has 34 heavy (non-hydrogen) atoms. The molecule has 1 N–H and O–H groups in total. The number of benzene rings is 2. The smallest absolute Gasteiger partial charge is 0.338 e. The van der Waals surface area contributed by atoms with E-state index in [1.54, 1.807) is 18.2 Å². The van der Waals surface area contributed by atoms with Crippen LogP contribution in [0.5, 0.6) is 11.5 Å². The van der Waals surface area contributed by atoms with Gasteiger partial charge in [-0.25, -0.2) is 13.2 Å². The van der Waals surface area contributed by atoms with E-state index in [0.717, 1.165) is 12.8 Å². The molecule has 0 bridgehead atoms. The molecule has 1 fully saturated rings. The van der Waals surface area contributed by atoms with Gasteiger partial charge in [-0.2, -0.15) is 4.31 Å². The number of ether oxygens (including phenoxy) is 3. The number of esters is 1. The molecule has 2 aromatic carbocycles. The summed E-state index contributed by atoms with van der Waals surface area (Å²) in [4.78, 5) is 25.1. The van der Waals surface area contributed by atoms with Crippen LogP contribution in [0.1, 0.15) is 37.0 Å². The minimum atomic E-state index is -3.61. The zero-order valence-electron chi connectivity index (χ0n) is 19.2. The lowest BCUT2D eigenvalue weighted by molar-refractivity contribution is -0.123. The quantitative estimate of drug-likeness (QED) is 0.622. The molecular formula is C24H28N2O7S. The van der Waals surface area contributed by atoms with Gasteiger partial charge in [0.2, 0.25) is 10.0 Å². The lowest BCUT2D eigenvalue weighted by Crippen LogP contribution is -2.37. The van der Waals surface area contributed by atoms with E-state index < -0.39 is 28.0 Å². The first-order valence-corrected chi connectivity index (χ1v) is 12.7. The first-order chi connectivity index (χ1) is 16.2. The highest BCUT2D eigenvalue weighted by Gasteiger charge is 2.28. The highest BCUT2D eigenvalue weighted by atomic mass is 32.2. The van der Waals surface area contributed by atoms with Crippen molar-refractivity contribution in [3.8, 4) is 11.5 Å². The summed E-state index contributed by atoms with van der Waals surface area (Å²) in [6.07, 6.45) is 0.588. The molecule has 9 nitrogen and oxygen atoms in total. The van der Waals surface area contributed by atoms with Gasteiger partial charge >= 0.3 is 5.97 Å².